The van der Waals surface area contributed by atoms with Gasteiger partial charge in [0.1, 0.15) is 5.82 Å². The molecule has 0 aliphatic heterocycles. The molecule has 0 aromatic carbocycles. The van der Waals surface area contributed by atoms with Gasteiger partial charge in [-0.1, -0.05) is 0 Å². The lowest BCUT2D eigenvalue weighted by molar-refractivity contribution is 0.371. The third-order valence-corrected chi connectivity index (χ3v) is 2.66. The van der Waals surface area contributed by atoms with E-state index in [1.54, 1.807) is 11.5 Å². The van der Waals surface area contributed by atoms with Crippen molar-refractivity contribution in [2.24, 2.45) is 7.05 Å². The molecule has 0 saturated heterocycles. The first-order chi connectivity index (χ1) is 7.73. The Hall–Kier alpha value is -1.85. The van der Waals surface area contributed by atoms with Gasteiger partial charge in [-0.05, 0) is 27.7 Å². The smallest absolute Gasteiger partial charge is 0.388 e. The van der Waals surface area contributed by atoms with Crippen molar-refractivity contribution in [2.45, 2.75) is 33.2 Å². The minimum absolute atomic E-state index is 0.0977. The molecule has 0 saturated carbocycles. The van der Waals surface area contributed by atoms with E-state index in [-0.39, 0.29) is 16.8 Å². The molecule has 0 unspecified atom stereocenters. The Labute approximate surface area is 97.5 Å². The fraction of sp³-hybridized carbons (Fsp3) is 0.545. The monoisotopic (exact) mass is 237 g/mol. The third-order valence-electron chi connectivity index (χ3n) is 2.66. The zero-order valence-corrected chi connectivity index (χ0v) is 10.6. The summed E-state index contributed by atoms with van der Waals surface area (Å²) in [6.07, 6.45) is 0. The predicted molar refractivity (Wildman–Crippen MR) is 63.2 cm³/mol. The summed E-state index contributed by atoms with van der Waals surface area (Å²) in [6.45, 7) is 7.45. The lowest BCUT2D eigenvalue weighted by Crippen LogP contribution is -2.37. The second kappa shape index (κ2) is 3.32. The molecule has 2 heterocycles. The summed E-state index contributed by atoms with van der Waals surface area (Å²) in [7, 11) is 1.50. The van der Waals surface area contributed by atoms with Gasteiger partial charge in [0, 0.05) is 12.6 Å². The summed E-state index contributed by atoms with van der Waals surface area (Å²) in [5, 5.41) is 0. The quantitative estimate of drug-likeness (QED) is 0.678. The van der Waals surface area contributed by atoms with Crippen molar-refractivity contribution in [3.8, 4) is 0 Å². The maximum Gasteiger partial charge on any atom is 0.421 e. The van der Waals surface area contributed by atoms with E-state index in [0.717, 1.165) is 0 Å². The largest absolute Gasteiger partial charge is 0.421 e. The Balaban J connectivity index is 3.04. The van der Waals surface area contributed by atoms with Crippen molar-refractivity contribution in [1.82, 2.24) is 14.1 Å². The Morgan fingerprint density at radius 2 is 1.82 bits per heavy atom. The van der Waals surface area contributed by atoms with Gasteiger partial charge < -0.3 is 4.42 Å². The highest BCUT2D eigenvalue weighted by atomic mass is 16.4. The van der Waals surface area contributed by atoms with Crippen molar-refractivity contribution in [2.75, 3.05) is 0 Å². The molecule has 6 nitrogen and oxygen atoms in total. The molecule has 2 rings (SSSR count). The van der Waals surface area contributed by atoms with Crippen LogP contribution in [0.3, 0.4) is 0 Å². The highest BCUT2D eigenvalue weighted by Gasteiger charge is 2.22. The zero-order valence-electron chi connectivity index (χ0n) is 10.6. The van der Waals surface area contributed by atoms with E-state index in [9.17, 15) is 9.59 Å². The van der Waals surface area contributed by atoms with Crippen LogP contribution >= 0.6 is 0 Å². The van der Waals surface area contributed by atoms with E-state index in [2.05, 4.69) is 4.98 Å². The van der Waals surface area contributed by atoms with Crippen LogP contribution in [0.2, 0.25) is 0 Å². The first-order valence-electron chi connectivity index (χ1n) is 5.33. The van der Waals surface area contributed by atoms with Crippen LogP contribution in [0, 0.1) is 6.92 Å². The van der Waals surface area contributed by atoms with Crippen LogP contribution in [0.5, 0.6) is 0 Å². The Morgan fingerprint density at radius 3 is 2.35 bits per heavy atom. The maximum absolute atomic E-state index is 12.3. The van der Waals surface area contributed by atoms with Gasteiger partial charge in [-0.3, -0.25) is 13.9 Å². The SMILES string of the molecule is Cc1nc2oc(=O)n(C)c2c(=O)n1C(C)(C)C. The van der Waals surface area contributed by atoms with Crippen LogP contribution in [0.1, 0.15) is 26.6 Å². The molecule has 0 N–H and O–H groups in total. The topological polar surface area (TPSA) is 70.0 Å². The van der Waals surface area contributed by atoms with E-state index < -0.39 is 11.3 Å². The minimum Gasteiger partial charge on any atom is -0.388 e. The zero-order chi connectivity index (χ0) is 13.0. The van der Waals surface area contributed by atoms with E-state index in [4.69, 9.17) is 4.42 Å². The summed E-state index contributed by atoms with van der Waals surface area (Å²) in [5.41, 5.74) is -0.347. The molecule has 0 aliphatic carbocycles. The molecule has 2 aromatic rings. The number of nitrogens with zero attached hydrogens (tertiary/aromatic N) is 3. The molecule has 0 bridgehead atoms. The highest BCUT2D eigenvalue weighted by molar-refractivity contribution is 5.66. The molecule has 0 radical (unpaired) electrons. The lowest BCUT2D eigenvalue weighted by atomic mass is 10.1. The standard InChI is InChI=1S/C11H15N3O3/c1-6-12-8-7(13(5)10(16)17-8)9(15)14(6)11(2,3)4/h1-5H3. The third kappa shape index (κ3) is 1.60. The van der Waals surface area contributed by atoms with Crippen molar-refractivity contribution in [3.63, 3.8) is 0 Å². The molecule has 0 fully saturated rings. The predicted octanol–water partition coefficient (Wildman–Crippen LogP) is 0.752. The average molecular weight is 237 g/mol. The van der Waals surface area contributed by atoms with Crippen LogP contribution in [-0.2, 0) is 12.6 Å². The van der Waals surface area contributed by atoms with Crippen LogP contribution in [0.15, 0.2) is 14.0 Å². The average Bonchev–Trinajstić information content (AvgIpc) is 2.39. The first-order valence-corrected chi connectivity index (χ1v) is 5.33. The summed E-state index contributed by atoms with van der Waals surface area (Å²) in [5.74, 6) is -0.0417. The van der Waals surface area contributed by atoms with Crippen molar-refractivity contribution in [1.29, 1.82) is 0 Å². The van der Waals surface area contributed by atoms with Gasteiger partial charge in [0.2, 0.25) is 0 Å². The van der Waals surface area contributed by atoms with Crippen LogP contribution in [0.25, 0.3) is 11.2 Å². The second-order valence-corrected chi connectivity index (χ2v) is 5.05. The van der Waals surface area contributed by atoms with Gasteiger partial charge in [-0.15, -0.1) is 0 Å². The molecule has 0 spiro atoms. The van der Waals surface area contributed by atoms with Crippen molar-refractivity contribution < 1.29 is 4.42 Å². The summed E-state index contributed by atoms with van der Waals surface area (Å²) in [6, 6.07) is 0. The van der Waals surface area contributed by atoms with Gasteiger partial charge >= 0.3 is 5.76 Å². The fourth-order valence-corrected chi connectivity index (χ4v) is 1.98. The Kier molecular flexibility index (Phi) is 2.27. The highest BCUT2D eigenvalue weighted by Crippen LogP contribution is 2.15. The van der Waals surface area contributed by atoms with Crippen LogP contribution in [-0.4, -0.2) is 14.1 Å². The fourth-order valence-electron chi connectivity index (χ4n) is 1.98. The number of fused-ring (bicyclic) bond motifs is 1. The molecule has 17 heavy (non-hydrogen) atoms. The number of aromatic nitrogens is 3. The summed E-state index contributed by atoms with van der Waals surface area (Å²) >= 11 is 0. The van der Waals surface area contributed by atoms with Gasteiger partial charge in [0.25, 0.3) is 11.3 Å². The summed E-state index contributed by atoms with van der Waals surface area (Å²) in [4.78, 5) is 27.9. The molecule has 0 amide bonds. The van der Waals surface area contributed by atoms with E-state index >= 15 is 0 Å². The molecule has 0 atom stereocenters. The van der Waals surface area contributed by atoms with Crippen LogP contribution < -0.4 is 11.3 Å². The number of aryl methyl sites for hydroxylation is 2. The van der Waals surface area contributed by atoms with Crippen molar-refractivity contribution >= 4 is 11.2 Å². The van der Waals surface area contributed by atoms with Gasteiger partial charge in [-0.2, -0.15) is 4.98 Å². The van der Waals surface area contributed by atoms with E-state index in [0.29, 0.717) is 5.82 Å². The molecule has 2 aromatic heterocycles. The number of rotatable bonds is 0. The van der Waals surface area contributed by atoms with Gasteiger partial charge in [0.05, 0.1) is 0 Å². The molecular formula is C11H15N3O3. The molecule has 92 valence electrons. The number of hydrogen-bond donors (Lipinski definition) is 0. The number of oxazole rings is 1. The van der Waals surface area contributed by atoms with Crippen molar-refractivity contribution in [3.05, 3.63) is 26.7 Å². The first kappa shape index (κ1) is 11.6. The molecule has 0 aliphatic rings. The van der Waals surface area contributed by atoms with Gasteiger partial charge in [0.15, 0.2) is 5.52 Å². The lowest BCUT2D eigenvalue weighted by Gasteiger charge is -2.23. The normalized spacial score (nSPS) is 12.3. The van der Waals surface area contributed by atoms with Gasteiger partial charge in [-0.25, -0.2) is 4.79 Å². The Bertz CT molecular complexity index is 698. The Morgan fingerprint density at radius 1 is 1.24 bits per heavy atom. The molecular weight excluding hydrogens is 222 g/mol. The maximum atomic E-state index is 12.3. The van der Waals surface area contributed by atoms with E-state index in [1.807, 2.05) is 20.8 Å². The van der Waals surface area contributed by atoms with E-state index in [1.165, 1.54) is 11.6 Å². The second-order valence-electron chi connectivity index (χ2n) is 5.05. The minimum atomic E-state index is -0.573. The summed E-state index contributed by atoms with van der Waals surface area (Å²) < 4.78 is 7.66. The number of hydrogen-bond acceptors (Lipinski definition) is 4. The van der Waals surface area contributed by atoms with Crippen LogP contribution in [0.4, 0.5) is 0 Å². The molecule has 6 heteroatoms.